The van der Waals surface area contributed by atoms with Crippen molar-refractivity contribution in [2.24, 2.45) is 0 Å². The minimum Gasteiger partial charge on any atom is -0.383 e. The highest BCUT2D eigenvalue weighted by Gasteiger charge is 1.95. The molecule has 0 aromatic carbocycles. The quantitative estimate of drug-likeness (QED) is 0.614. The largest absolute Gasteiger partial charge is 0.383 e. The van der Waals surface area contributed by atoms with Crippen LogP contribution in [-0.2, 0) is 0 Å². The molecule has 2 aromatic rings. The Morgan fingerprint density at radius 1 is 1.27 bits per heavy atom. The summed E-state index contributed by atoms with van der Waals surface area (Å²) in [7, 11) is 0. The number of hydrogen-bond acceptors (Lipinski definition) is 3. The van der Waals surface area contributed by atoms with E-state index in [1.54, 1.807) is 0 Å². The summed E-state index contributed by atoms with van der Waals surface area (Å²) in [6.07, 6.45) is -0.759. The van der Waals surface area contributed by atoms with E-state index in [1.165, 1.54) is 0 Å². The van der Waals surface area contributed by atoms with E-state index in [0.29, 0.717) is 0 Å². The molecule has 3 heteroatoms. The number of rotatable bonds is 0. The van der Waals surface area contributed by atoms with E-state index in [1.807, 2.05) is 0 Å². The van der Waals surface area contributed by atoms with Gasteiger partial charge in [-0.3, -0.25) is 4.98 Å². The van der Waals surface area contributed by atoms with Gasteiger partial charge < -0.3 is 5.73 Å². The number of hydrogen-bond donors (Lipinski definition) is 1. The fourth-order valence-electron chi connectivity index (χ4n) is 0.762. The van der Waals surface area contributed by atoms with Crippen LogP contribution in [0.15, 0.2) is 30.5 Å². The first-order valence-corrected chi connectivity index (χ1v) is 2.93. The Balaban J connectivity index is 3.07. The molecule has 2 N–H and O–H groups in total. The highest BCUT2D eigenvalue weighted by atomic mass is 14.8. The zero-order valence-electron chi connectivity index (χ0n) is 10.5. The molecule has 0 fully saturated rings. The number of aromatic nitrogens is 2. The van der Waals surface area contributed by atoms with Gasteiger partial charge in [-0.05, 0) is 18.1 Å². The van der Waals surface area contributed by atoms with Gasteiger partial charge in [0.05, 0.1) is 12.4 Å². The third kappa shape index (κ3) is 0.902. The van der Waals surface area contributed by atoms with Crippen molar-refractivity contribution in [2.75, 3.05) is 5.73 Å². The van der Waals surface area contributed by atoms with E-state index in [-0.39, 0.29) is 41.0 Å². The third-order valence-electron chi connectivity index (χ3n) is 1.25. The topological polar surface area (TPSA) is 51.8 Å². The summed E-state index contributed by atoms with van der Waals surface area (Å²) in [5, 5.41) is 0.0574. The molecule has 0 saturated heterocycles. The number of fused-ring (bicyclic) bond motifs is 1. The molecule has 0 aliphatic carbocycles. The van der Waals surface area contributed by atoms with E-state index in [2.05, 4.69) is 9.97 Å². The van der Waals surface area contributed by atoms with Gasteiger partial charge in [0.15, 0.2) is 0 Å². The predicted molar refractivity (Wildman–Crippen MR) is 44.0 cm³/mol. The smallest absolute Gasteiger partial charge is 0.132 e. The number of anilines is 1. The summed E-state index contributed by atoms with van der Waals surface area (Å²) in [6, 6.07) is -0.933. The lowest BCUT2D eigenvalue weighted by Crippen LogP contribution is -1.90. The van der Waals surface area contributed by atoms with Crippen LogP contribution < -0.4 is 5.73 Å². The fourth-order valence-corrected chi connectivity index (χ4v) is 0.762. The second kappa shape index (κ2) is 2.20. The Morgan fingerprint density at radius 3 is 3.09 bits per heavy atom. The van der Waals surface area contributed by atoms with Crippen molar-refractivity contribution in [1.82, 2.24) is 9.97 Å². The highest BCUT2D eigenvalue weighted by molar-refractivity contribution is 5.87. The monoisotopic (exact) mass is 150 g/mol. The molecular weight excluding hydrogens is 138 g/mol. The van der Waals surface area contributed by atoms with Crippen LogP contribution in [-0.4, -0.2) is 9.97 Å². The lowest BCUT2D eigenvalue weighted by Gasteiger charge is -1.96. The third-order valence-corrected chi connectivity index (χ3v) is 1.25. The number of nitrogens with zero attached hydrogens (tertiary/aromatic N) is 2. The fraction of sp³-hybridized carbons (Fsp3) is 0. The molecule has 0 bridgehead atoms. The second-order valence-electron chi connectivity index (χ2n) is 1.93. The summed E-state index contributed by atoms with van der Waals surface area (Å²) in [5.74, 6) is -0.109. The molecule has 2 rings (SSSR count). The van der Waals surface area contributed by atoms with E-state index in [9.17, 15) is 0 Å². The van der Waals surface area contributed by atoms with Crippen molar-refractivity contribution in [3.63, 3.8) is 0 Å². The van der Waals surface area contributed by atoms with Gasteiger partial charge in [0.1, 0.15) is 5.82 Å². The number of nitrogen functional groups attached to an aromatic ring is 1. The molecule has 0 radical (unpaired) electrons. The summed E-state index contributed by atoms with van der Waals surface area (Å²) < 4.78 is 37.3. The maximum atomic E-state index is 7.62. The molecule has 3 nitrogen and oxygen atoms in total. The molecule has 0 atom stereocenters. The minimum absolute atomic E-state index is 0.0245. The summed E-state index contributed by atoms with van der Waals surface area (Å²) in [6.45, 7) is 0. The van der Waals surface area contributed by atoms with Gasteiger partial charge in [0.2, 0.25) is 0 Å². The van der Waals surface area contributed by atoms with Crippen LogP contribution in [0.5, 0.6) is 0 Å². The summed E-state index contributed by atoms with van der Waals surface area (Å²) in [4.78, 5) is 7.27. The van der Waals surface area contributed by atoms with Crippen molar-refractivity contribution in [2.45, 2.75) is 0 Å². The van der Waals surface area contributed by atoms with Crippen LogP contribution >= 0.6 is 0 Å². The first-order valence-electron chi connectivity index (χ1n) is 5.43. The molecular formula is C8H7N3. The Hall–Kier alpha value is -1.64. The second-order valence-corrected chi connectivity index (χ2v) is 1.93. The molecule has 0 aliphatic rings. The van der Waals surface area contributed by atoms with Gasteiger partial charge in [-0.15, -0.1) is 0 Å². The van der Waals surface area contributed by atoms with Crippen molar-refractivity contribution in [3.8, 4) is 0 Å². The van der Waals surface area contributed by atoms with Crippen LogP contribution in [0.4, 0.5) is 5.82 Å². The molecule has 0 saturated carbocycles. The van der Waals surface area contributed by atoms with Crippen LogP contribution in [0.25, 0.3) is 10.9 Å². The van der Waals surface area contributed by atoms with Gasteiger partial charge in [-0.1, -0.05) is 0 Å². The molecule has 2 heterocycles. The maximum Gasteiger partial charge on any atom is 0.132 e. The average Bonchev–Trinajstić information content (AvgIpc) is 2.22. The van der Waals surface area contributed by atoms with Gasteiger partial charge in [-0.25, -0.2) is 4.98 Å². The summed E-state index contributed by atoms with van der Waals surface area (Å²) >= 11 is 0. The lowest BCUT2D eigenvalue weighted by atomic mass is 10.2. The molecule has 54 valence electrons. The Labute approximate surface area is 70.9 Å². The average molecular weight is 150 g/mol. The zero-order chi connectivity index (χ0) is 12.0. The standard InChI is InChI=1S/C8H7N3/c9-8-6-2-1-4-10-7(6)3-5-11-8/h1-5H,(H2,9,11)/i1D,2D,3D,4D,5D. The maximum absolute atomic E-state index is 7.62. The van der Waals surface area contributed by atoms with E-state index < -0.39 is 6.17 Å². The van der Waals surface area contributed by atoms with Crippen LogP contribution in [0.1, 0.15) is 6.85 Å². The molecule has 11 heavy (non-hydrogen) atoms. The first-order chi connectivity index (χ1) is 7.43. The molecule has 0 aliphatic heterocycles. The number of nitrogens with two attached hydrogens (primary N) is 1. The van der Waals surface area contributed by atoms with Crippen LogP contribution in [0, 0.1) is 0 Å². The lowest BCUT2D eigenvalue weighted by molar-refractivity contribution is 1.33. The minimum atomic E-state index is -0.406. The van der Waals surface area contributed by atoms with Gasteiger partial charge in [-0.2, -0.15) is 0 Å². The van der Waals surface area contributed by atoms with Gasteiger partial charge in [0, 0.05) is 17.7 Å². The number of pyridine rings is 2. The Bertz CT molecular complexity index is 598. The van der Waals surface area contributed by atoms with Crippen molar-refractivity contribution in [1.29, 1.82) is 0 Å². The molecule has 0 spiro atoms. The van der Waals surface area contributed by atoms with E-state index >= 15 is 0 Å². The molecule has 0 amide bonds. The molecule has 2 aromatic heterocycles. The predicted octanol–water partition coefficient (Wildman–Crippen LogP) is 1.21. The van der Waals surface area contributed by atoms with Gasteiger partial charge in [0.25, 0.3) is 0 Å². The Morgan fingerprint density at radius 2 is 2.18 bits per heavy atom. The SMILES string of the molecule is [2H]c1nc2c([2H])c([2H])nc(N)c2c([2H])c1[2H]. The van der Waals surface area contributed by atoms with Crippen molar-refractivity contribution in [3.05, 3.63) is 30.5 Å². The van der Waals surface area contributed by atoms with Crippen LogP contribution in [0.2, 0.25) is 0 Å². The zero-order valence-corrected chi connectivity index (χ0v) is 5.47. The highest BCUT2D eigenvalue weighted by Crippen LogP contribution is 2.14. The van der Waals surface area contributed by atoms with Gasteiger partial charge >= 0.3 is 0 Å². The van der Waals surface area contributed by atoms with Crippen LogP contribution in [0.3, 0.4) is 0 Å². The Kier molecular flexibility index (Phi) is 0.554. The van der Waals surface area contributed by atoms with Crippen molar-refractivity contribution < 1.29 is 6.85 Å². The normalized spacial score (nSPS) is 16.5. The first kappa shape index (κ1) is 2.77. The van der Waals surface area contributed by atoms with E-state index in [0.717, 1.165) is 0 Å². The van der Waals surface area contributed by atoms with E-state index in [4.69, 9.17) is 12.6 Å². The van der Waals surface area contributed by atoms with Crippen molar-refractivity contribution >= 4 is 16.7 Å². The summed E-state index contributed by atoms with van der Waals surface area (Å²) in [5.41, 5.74) is 5.50. The molecule has 0 unspecified atom stereocenters.